The van der Waals surface area contributed by atoms with Crippen LogP contribution in [0.2, 0.25) is 0 Å². The minimum atomic E-state index is -1.22. The highest BCUT2D eigenvalue weighted by molar-refractivity contribution is 5.82. The molecule has 7 heteroatoms. The normalized spacial score (nSPS) is 25.1. The van der Waals surface area contributed by atoms with Crippen LogP contribution in [0, 0.1) is 5.41 Å². The Hall–Kier alpha value is -1.63. The average molecular weight is 239 g/mol. The van der Waals surface area contributed by atoms with Gasteiger partial charge in [-0.3, -0.25) is 0 Å². The quantitative estimate of drug-likeness (QED) is 0.799. The molecule has 1 unspecified atom stereocenters. The summed E-state index contributed by atoms with van der Waals surface area (Å²) < 4.78 is 10.5. The summed E-state index contributed by atoms with van der Waals surface area (Å²) in [6, 6.07) is 0.128. The topological polar surface area (TPSA) is 97.5 Å². The third-order valence-corrected chi connectivity index (χ3v) is 3.33. The molecule has 92 valence electrons. The lowest BCUT2D eigenvalue weighted by atomic mass is 10.0. The van der Waals surface area contributed by atoms with Gasteiger partial charge in [-0.25, -0.2) is 4.79 Å². The van der Waals surface area contributed by atoms with Crippen molar-refractivity contribution in [3.63, 3.8) is 0 Å². The molecule has 1 spiro atoms. The van der Waals surface area contributed by atoms with Gasteiger partial charge >= 0.3 is 17.9 Å². The number of carboxylic acid groups (broad SMARTS) is 1. The molecule has 2 aliphatic rings. The molecule has 1 aromatic heterocycles. The van der Waals surface area contributed by atoms with Crippen LogP contribution in [-0.2, 0) is 4.74 Å². The molecular weight excluding hydrogens is 226 g/mol. The van der Waals surface area contributed by atoms with Crippen LogP contribution in [0.25, 0.3) is 0 Å². The zero-order chi connectivity index (χ0) is 11.9. The average Bonchev–Trinajstić information content (AvgIpc) is 2.76. The van der Waals surface area contributed by atoms with Gasteiger partial charge in [0, 0.05) is 6.54 Å². The van der Waals surface area contributed by atoms with Gasteiger partial charge in [0.2, 0.25) is 0 Å². The lowest BCUT2D eigenvalue weighted by Crippen LogP contribution is -2.18. The number of ether oxygens (including phenoxy) is 1. The molecule has 17 heavy (non-hydrogen) atoms. The second kappa shape index (κ2) is 3.69. The van der Waals surface area contributed by atoms with Crippen LogP contribution < -0.4 is 5.32 Å². The van der Waals surface area contributed by atoms with Crippen molar-refractivity contribution in [2.24, 2.45) is 5.41 Å². The Kier molecular flexibility index (Phi) is 2.29. The number of rotatable bonds is 4. The first-order chi connectivity index (χ1) is 8.17. The Labute approximate surface area is 97.2 Å². The van der Waals surface area contributed by atoms with Crippen molar-refractivity contribution in [3.05, 3.63) is 5.89 Å². The van der Waals surface area contributed by atoms with Gasteiger partial charge in [0.15, 0.2) is 0 Å². The minimum Gasteiger partial charge on any atom is -0.474 e. The van der Waals surface area contributed by atoms with Gasteiger partial charge in [0.25, 0.3) is 0 Å². The summed E-state index contributed by atoms with van der Waals surface area (Å²) in [7, 11) is 0. The summed E-state index contributed by atoms with van der Waals surface area (Å²) >= 11 is 0. The van der Waals surface area contributed by atoms with Gasteiger partial charge in [0.1, 0.15) is 0 Å². The Morgan fingerprint density at radius 1 is 1.53 bits per heavy atom. The number of anilines is 1. The highest BCUT2D eigenvalue weighted by Crippen LogP contribution is 2.53. The van der Waals surface area contributed by atoms with Crippen molar-refractivity contribution in [1.82, 2.24) is 10.2 Å². The van der Waals surface area contributed by atoms with E-state index in [1.54, 1.807) is 0 Å². The summed E-state index contributed by atoms with van der Waals surface area (Å²) in [5.74, 6) is -1.63. The minimum absolute atomic E-state index is 0.128. The Morgan fingerprint density at radius 3 is 2.94 bits per heavy atom. The fourth-order valence-corrected chi connectivity index (χ4v) is 2.13. The third kappa shape index (κ3) is 2.10. The predicted molar refractivity (Wildman–Crippen MR) is 55.8 cm³/mol. The van der Waals surface area contributed by atoms with Gasteiger partial charge in [-0.15, -0.1) is 0 Å². The van der Waals surface area contributed by atoms with E-state index in [1.165, 1.54) is 12.8 Å². The van der Waals surface area contributed by atoms with E-state index in [4.69, 9.17) is 14.3 Å². The first-order valence-electron chi connectivity index (χ1n) is 5.59. The van der Waals surface area contributed by atoms with Crippen molar-refractivity contribution in [2.75, 3.05) is 18.5 Å². The second-order valence-corrected chi connectivity index (χ2v) is 4.74. The Morgan fingerprint density at radius 2 is 2.35 bits per heavy atom. The van der Waals surface area contributed by atoms with Crippen LogP contribution in [0.3, 0.4) is 0 Å². The number of carboxylic acids is 1. The van der Waals surface area contributed by atoms with E-state index in [-0.39, 0.29) is 12.1 Å². The molecule has 1 saturated carbocycles. The van der Waals surface area contributed by atoms with Gasteiger partial charge in [-0.05, 0) is 24.7 Å². The fourth-order valence-electron chi connectivity index (χ4n) is 2.13. The van der Waals surface area contributed by atoms with Gasteiger partial charge in [-0.1, -0.05) is 10.2 Å². The molecule has 0 radical (unpaired) electrons. The summed E-state index contributed by atoms with van der Waals surface area (Å²) in [6.45, 7) is 1.41. The zero-order valence-electron chi connectivity index (χ0n) is 9.18. The van der Waals surface area contributed by atoms with Crippen molar-refractivity contribution < 1.29 is 19.1 Å². The number of carbonyl (C=O) groups is 1. The van der Waals surface area contributed by atoms with E-state index in [1.807, 2.05) is 0 Å². The molecule has 2 heterocycles. The monoisotopic (exact) mass is 239 g/mol. The molecule has 2 fully saturated rings. The van der Waals surface area contributed by atoms with Gasteiger partial charge < -0.3 is 19.6 Å². The molecule has 0 bridgehead atoms. The fraction of sp³-hybridized carbons (Fsp3) is 0.700. The molecule has 1 aromatic rings. The van der Waals surface area contributed by atoms with Gasteiger partial charge in [-0.2, -0.15) is 0 Å². The highest BCUT2D eigenvalue weighted by atomic mass is 16.5. The standard InChI is InChI=1S/C10H13N3O4/c14-8(15)7-12-13-9(17-7)11-4-6-3-10(1-2-10)5-16-6/h6H,1-5H2,(H,11,13)(H,14,15). The van der Waals surface area contributed by atoms with Crippen LogP contribution in [0.15, 0.2) is 4.42 Å². The van der Waals surface area contributed by atoms with E-state index in [0.717, 1.165) is 13.0 Å². The van der Waals surface area contributed by atoms with Crippen molar-refractivity contribution in [3.8, 4) is 0 Å². The van der Waals surface area contributed by atoms with Crippen LogP contribution in [0.1, 0.15) is 29.9 Å². The van der Waals surface area contributed by atoms with Crippen molar-refractivity contribution in [2.45, 2.75) is 25.4 Å². The highest BCUT2D eigenvalue weighted by Gasteiger charge is 2.49. The predicted octanol–water partition coefficient (Wildman–Crippen LogP) is 0.749. The molecule has 1 atom stereocenters. The largest absolute Gasteiger partial charge is 0.474 e. The zero-order valence-corrected chi connectivity index (χ0v) is 9.18. The molecule has 7 nitrogen and oxygen atoms in total. The first-order valence-corrected chi connectivity index (χ1v) is 5.59. The van der Waals surface area contributed by atoms with Crippen LogP contribution in [0.4, 0.5) is 6.01 Å². The summed E-state index contributed by atoms with van der Waals surface area (Å²) in [5.41, 5.74) is 0.438. The smallest absolute Gasteiger partial charge is 0.393 e. The molecule has 1 saturated heterocycles. The molecular formula is C10H13N3O4. The summed E-state index contributed by atoms with van der Waals surface area (Å²) in [6.07, 6.45) is 3.72. The maximum Gasteiger partial charge on any atom is 0.393 e. The van der Waals surface area contributed by atoms with Crippen molar-refractivity contribution in [1.29, 1.82) is 0 Å². The maximum atomic E-state index is 10.5. The number of aromatic carboxylic acids is 1. The molecule has 3 rings (SSSR count). The van der Waals surface area contributed by atoms with Crippen LogP contribution >= 0.6 is 0 Å². The van der Waals surface area contributed by atoms with E-state index in [9.17, 15) is 4.79 Å². The number of nitrogens with one attached hydrogen (secondary N) is 1. The lowest BCUT2D eigenvalue weighted by molar-refractivity contribution is 0.0654. The number of nitrogens with zero attached hydrogens (tertiary/aromatic N) is 2. The van der Waals surface area contributed by atoms with E-state index in [0.29, 0.717) is 12.0 Å². The molecule has 1 aliphatic carbocycles. The lowest BCUT2D eigenvalue weighted by Gasteiger charge is -2.08. The number of hydrogen-bond acceptors (Lipinski definition) is 6. The molecule has 2 N–H and O–H groups in total. The van der Waals surface area contributed by atoms with E-state index in [2.05, 4.69) is 15.5 Å². The maximum absolute atomic E-state index is 10.5. The van der Waals surface area contributed by atoms with E-state index < -0.39 is 11.9 Å². The van der Waals surface area contributed by atoms with Gasteiger partial charge in [0.05, 0.1) is 12.7 Å². The van der Waals surface area contributed by atoms with E-state index >= 15 is 0 Å². The molecule has 1 aliphatic heterocycles. The number of hydrogen-bond donors (Lipinski definition) is 2. The van der Waals surface area contributed by atoms with Crippen LogP contribution in [-0.4, -0.2) is 40.5 Å². The summed E-state index contributed by atoms with van der Waals surface area (Å²) in [5, 5.41) is 18.5. The summed E-state index contributed by atoms with van der Waals surface area (Å²) in [4.78, 5) is 10.5. The second-order valence-electron chi connectivity index (χ2n) is 4.74. The van der Waals surface area contributed by atoms with Crippen LogP contribution in [0.5, 0.6) is 0 Å². The molecule has 0 aromatic carbocycles. The Balaban J connectivity index is 1.51. The SMILES string of the molecule is O=C(O)c1nnc(NCC2CC3(CC3)CO2)o1. The Bertz CT molecular complexity index is 441. The van der Waals surface area contributed by atoms with Crippen molar-refractivity contribution >= 4 is 12.0 Å². The third-order valence-electron chi connectivity index (χ3n) is 3.33. The first kappa shape index (κ1) is 10.5. The molecule has 0 amide bonds. The number of aromatic nitrogens is 2.